The summed E-state index contributed by atoms with van der Waals surface area (Å²) in [7, 11) is 1.97. The van der Waals surface area contributed by atoms with E-state index < -0.39 is 17.6 Å². The van der Waals surface area contributed by atoms with Crippen LogP contribution in [0.25, 0.3) is 21.8 Å². The van der Waals surface area contributed by atoms with Crippen molar-refractivity contribution in [2.45, 2.75) is 71.7 Å². The monoisotopic (exact) mass is 689 g/mol. The molecule has 2 amide bonds. The number of carbonyl (C=O) groups is 2. The summed E-state index contributed by atoms with van der Waals surface area (Å²) < 4.78 is 9.58. The number of hydrogen-bond donors (Lipinski definition) is 5. The molecule has 0 radical (unpaired) electrons. The number of phenolic OH excluding ortho intramolecular Hbond substituents is 1. The standard InChI is InChI=1S/C40H47N7O4/c1-25(33-18-29(48)13-15-31(33)38(41)49)37-32-10-6-7-11-34(32)45-35(37)20-42-19-26-12-14-30-27(9-8-16-43-39(50)51-40(2,3)4)21-47(36(30)17-26)23-28-22-46(5)24-44-28/h6-7,10-15,17-18,21-22,24-25,42,45,48H,8-9,16,19-20,23H2,1-5H3,(H2,41,49)(H,43,50). The van der Waals surface area contributed by atoms with Crippen molar-refractivity contribution in [3.8, 4) is 5.75 Å². The summed E-state index contributed by atoms with van der Waals surface area (Å²) in [4.78, 5) is 32.6. The largest absolute Gasteiger partial charge is 0.508 e. The number of nitrogens with two attached hydrogens (primary N) is 1. The van der Waals surface area contributed by atoms with E-state index in [-0.39, 0.29) is 11.7 Å². The molecule has 6 aromatic rings. The van der Waals surface area contributed by atoms with E-state index in [4.69, 9.17) is 10.5 Å². The van der Waals surface area contributed by atoms with Gasteiger partial charge in [0.15, 0.2) is 0 Å². The fraction of sp³-hybridized carbons (Fsp3) is 0.325. The van der Waals surface area contributed by atoms with Gasteiger partial charge in [-0.15, -0.1) is 0 Å². The molecule has 11 nitrogen and oxygen atoms in total. The van der Waals surface area contributed by atoms with Crippen LogP contribution in [0.15, 0.2) is 79.4 Å². The molecule has 1 unspecified atom stereocenters. The zero-order valence-electron chi connectivity index (χ0n) is 29.9. The molecule has 3 aromatic heterocycles. The maximum atomic E-state index is 12.3. The van der Waals surface area contributed by atoms with Gasteiger partial charge in [0.05, 0.1) is 18.6 Å². The number of phenols is 1. The number of ether oxygens (including phenoxy) is 1. The second-order valence-corrected chi connectivity index (χ2v) is 14.2. The minimum atomic E-state index is -0.533. The van der Waals surface area contributed by atoms with Crippen molar-refractivity contribution in [2.75, 3.05) is 6.54 Å². The predicted molar refractivity (Wildman–Crippen MR) is 200 cm³/mol. The van der Waals surface area contributed by atoms with Crippen LogP contribution in [-0.2, 0) is 37.8 Å². The van der Waals surface area contributed by atoms with Gasteiger partial charge in [-0.2, -0.15) is 0 Å². The number of aromatic nitrogens is 4. The van der Waals surface area contributed by atoms with Crippen LogP contribution >= 0.6 is 0 Å². The van der Waals surface area contributed by atoms with Crippen LogP contribution in [0.4, 0.5) is 4.79 Å². The first-order valence-electron chi connectivity index (χ1n) is 17.3. The zero-order valence-corrected chi connectivity index (χ0v) is 29.9. The molecule has 6 rings (SSSR count). The minimum absolute atomic E-state index is 0.0881. The average molecular weight is 690 g/mol. The van der Waals surface area contributed by atoms with Gasteiger partial charge >= 0.3 is 6.09 Å². The molecule has 266 valence electrons. The second-order valence-electron chi connectivity index (χ2n) is 14.2. The molecule has 0 saturated heterocycles. The van der Waals surface area contributed by atoms with Crippen LogP contribution < -0.4 is 16.4 Å². The number of carbonyl (C=O) groups excluding carboxylic acids is 2. The van der Waals surface area contributed by atoms with Crippen molar-refractivity contribution in [3.63, 3.8) is 0 Å². The van der Waals surface area contributed by atoms with E-state index >= 15 is 0 Å². The number of aryl methyl sites for hydroxylation is 2. The lowest BCUT2D eigenvalue weighted by atomic mass is 9.87. The number of nitrogens with zero attached hydrogens (tertiary/aromatic N) is 3. The average Bonchev–Trinajstić information content (AvgIpc) is 3.76. The molecule has 0 aliphatic heterocycles. The van der Waals surface area contributed by atoms with E-state index in [1.807, 2.05) is 70.0 Å². The zero-order chi connectivity index (χ0) is 36.3. The van der Waals surface area contributed by atoms with E-state index in [9.17, 15) is 14.7 Å². The lowest BCUT2D eigenvalue weighted by molar-refractivity contribution is 0.0527. The number of H-pyrrole nitrogens is 1. The molecular formula is C40H47N7O4. The van der Waals surface area contributed by atoms with Gasteiger partial charge in [-0.3, -0.25) is 4.79 Å². The van der Waals surface area contributed by atoms with Crippen molar-refractivity contribution >= 4 is 33.8 Å². The van der Waals surface area contributed by atoms with Crippen LogP contribution in [0.3, 0.4) is 0 Å². The predicted octanol–water partition coefficient (Wildman–Crippen LogP) is 6.61. The number of hydrogen-bond acceptors (Lipinski definition) is 6. The molecule has 3 heterocycles. The highest BCUT2D eigenvalue weighted by molar-refractivity contribution is 5.95. The van der Waals surface area contributed by atoms with Gasteiger partial charge in [0, 0.05) is 78.1 Å². The molecule has 11 heteroatoms. The highest BCUT2D eigenvalue weighted by Gasteiger charge is 2.23. The number of benzene rings is 3. The Bertz CT molecular complexity index is 2190. The van der Waals surface area contributed by atoms with Gasteiger partial charge in [-0.1, -0.05) is 37.3 Å². The van der Waals surface area contributed by atoms with Crippen molar-refractivity contribution in [3.05, 3.63) is 119 Å². The Labute approximate surface area is 297 Å². The first-order chi connectivity index (χ1) is 24.4. The van der Waals surface area contributed by atoms with Gasteiger partial charge in [-0.05, 0) is 86.2 Å². The molecule has 0 saturated carbocycles. The van der Waals surface area contributed by atoms with Gasteiger partial charge in [-0.25, -0.2) is 9.78 Å². The summed E-state index contributed by atoms with van der Waals surface area (Å²) >= 11 is 0. The second kappa shape index (κ2) is 14.7. The number of aromatic amines is 1. The number of imidazole rings is 1. The number of fused-ring (bicyclic) bond motifs is 2. The lowest BCUT2D eigenvalue weighted by Gasteiger charge is -2.19. The summed E-state index contributed by atoms with van der Waals surface area (Å²) in [6, 6.07) is 19.4. The summed E-state index contributed by atoms with van der Waals surface area (Å²) in [6.45, 7) is 9.95. The summed E-state index contributed by atoms with van der Waals surface area (Å²) in [6.07, 6.45) is 7.22. The Hall–Kier alpha value is -5.55. The summed E-state index contributed by atoms with van der Waals surface area (Å²) in [5.41, 5.74) is 13.8. The third kappa shape index (κ3) is 8.26. The molecule has 0 aliphatic carbocycles. The Morgan fingerprint density at radius 1 is 1.04 bits per heavy atom. The van der Waals surface area contributed by atoms with Gasteiger partial charge in [0.1, 0.15) is 11.4 Å². The number of alkyl carbamates (subject to hydrolysis) is 1. The molecule has 1 atom stereocenters. The Balaban J connectivity index is 1.22. The SMILES string of the molecule is CC(c1cc(O)ccc1C(N)=O)c1c(CNCc2ccc3c(CCCNC(=O)OC(C)(C)C)cn(Cc4cn(C)cn4)c3c2)[nH]c2ccccc12. The van der Waals surface area contributed by atoms with Crippen LogP contribution in [0.1, 0.15) is 84.0 Å². The molecule has 0 spiro atoms. The first kappa shape index (κ1) is 35.3. The third-order valence-electron chi connectivity index (χ3n) is 9.07. The highest BCUT2D eigenvalue weighted by atomic mass is 16.6. The third-order valence-corrected chi connectivity index (χ3v) is 9.07. The van der Waals surface area contributed by atoms with E-state index in [1.54, 1.807) is 12.1 Å². The van der Waals surface area contributed by atoms with Crippen molar-refractivity contribution < 1.29 is 19.4 Å². The van der Waals surface area contributed by atoms with Crippen molar-refractivity contribution in [1.29, 1.82) is 0 Å². The van der Waals surface area contributed by atoms with Gasteiger partial charge < -0.3 is 40.3 Å². The Kier molecular flexibility index (Phi) is 10.2. The quantitative estimate of drug-likeness (QED) is 0.0861. The number of para-hydroxylation sites is 1. The minimum Gasteiger partial charge on any atom is -0.508 e. The molecule has 0 fully saturated rings. The topological polar surface area (TPSA) is 152 Å². The smallest absolute Gasteiger partial charge is 0.407 e. The lowest BCUT2D eigenvalue weighted by Crippen LogP contribution is -2.33. The fourth-order valence-corrected chi connectivity index (χ4v) is 6.83. The van der Waals surface area contributed by atoms with Crippen molar-refractivity contribution in [1.82, 2.24) is 29.7 Å². The molecule has 51 heavy (non-hydrogen) atoms. The van der Waals surface area contributed by atoms with E-state index in [2.05, 4.69) is 55.6 Å². The van der Waals surface area contributed by atoms with Crippen LogP contribution in [-0.4, -0.2) is 48.4 Å². The van der Waals surface area contributed by atoms with Gasteiger partial charge in [0.2, 0.25) is 5.91 Å². The number of rotatable bonds is 13. The number of primary amides is 1. The first-order valence-corrected chi connectivity index (χ1v) is 17.3. The van der Waals surface area contributed by atoms with Crippen molar-refractivity contribution in [2.24, 2.45) is 12.8 Å². The van der Waals surface area contributed by atoms with E-state index in [1.165, 1.54) is 17.0 Å². The number of nitrogens with one attached hydrogen (secondary N) is 3. The van der Waals surface area contributed by atoms with Crippen LogP contribution in [0.2, 0.25) is 0 Å². The Morgan fingerprint density at radius 2 is 1.84 bits per heavy atom. The highest BCUT2D eigenvalue weighted by Crippen LogP contribution is 2.36. The van der Waals surface area contributed by atoms with Gasteiger partial charge in [0.25, 0.3) is 0 Å². The fourth-order valence-electron chi connectivity index (χ4n) is 6.83. The van der Waals surface area contributed by atoms with E-state index in [0.717, 1.165) is 51.8 Å². The van der Waals surface area contributed by atoms with E-state index in [0.29, 0.717) is 37.3 Å². The molecule has 3 aromatic carbocycles. The molecule has 6 N–H and O–H groups in total. The summed E-state index contributed by atoms with van der Waals surface area (Å²) in [5, 5.41) is 19.0. The Morgan fingerprint density at radius 3 is 2.59 bits per heavy atom. The van der Waals surface area contributed by atoms with Crippen LogP contribution in [0.5, 0.6) is 5.75 Å². The molecule has 0 bridgehead atoms. The molecule has 0 aliphatic rings. The maximum Gasteiger partial charge on any atom is 0.407 e. The maximum absolute atomic E-state index is 12.3. The molecular weight excluding hydrogens is 642 g/mol. The van der Waals surface area contributed by atoms with Crippen LogP contribution in [0, 0.1) is 0 Å². The number of aromatic hydroxyl groups is 1. The summed E-state index contributed by atoms with van der Waals surface area (Å²) in [5.74, 6) is -0.651. The number of amides is 2. The normalized spacial score (nSPS) is 12.4.